The fourth-order valence-corrected chi connectivity index (χ4v) is 3.77. The van der Waals surface area contributed by atoms with Gasteiger partial charge in [-0.1, -0.05) is 0 Å². The molecule has 2 aromatic rings. The largest absolute Gasteiger partial charge is 0.477 e. The Balaban J connectivity index is 2.16. The second-order valence-corrected chi connectivity index (χ2v) is 7.97. The van der Waals surface area contributed by atoms with Gasteiger partial charge in [-0.3, -0.25) is 4.79 Å². The van der Waals surface area contributed by atoms with Crippen molar-refractivity contribution < 1.29 is 14.7 Å². The minimum absolute atomic E-state index is 0.115. The number of nitrogens with zero attached hydrogens (tertiary/aromatic N) is 2. The molecule has 0 bridgehead atoms. The Morgan fingerprint density at radius 1 is 1.04 bits per heavy atom. The lowest BCUT2D eigenvalue weighted by Crippen LogP contribution is -2.35. The Hall–Kier alpha value is -1.70. The molecule has 2 rings (SSSR count). The zero-order valence-electron chi connectivity index (χ0n) is 13.4. The van der Waals surface area contributed by atoms with Crippen molar-refractivity contribution in [1.82, 2.24) is 9.80 Å². The Kier molecular flexibility index (Phi) is 5.92. The minimum Gasteiger partial charge on any atom is -0.477 e. The van der Waals surface area contributed by atoms with Gasteiger partial charge in [-0.15, -0.1) is 22.7 Å². The Bertz CT molecular complexity index is 691. The molecule has 1 N–H and O–H groups in total. The van der Waals surface area contributed by atoms with E-state index >= 15 is 0 Å². The fourth-order valence-electron chi connectivity index (χ4n) is 2.05. The third-order valence-corrected chi connectivity index (χ3v) is 5.32. The van der Waals surface area contributed by atoms with Crippen molar-refractivity contribution in [3.63, 3.8) is 0 Å². The summed E-state index contributed by atoms with van der Waals surface area (Å²) in [6.45, 7) is 3.94. The van der Waals surface area contributed by atoms with Gasteiger partial charge < -0.3 is 14.9 Å². The van der Waals surface area contributed by atoms with Crippen molar-refractivity contribution in [2.24, 2.45) is 0 Å². The van der Waals surface area contributed by atoms with E-state index in [-0.39, 0.29) is 10.8 Å². The molecule has 23 heavy (non-hydrogen) atoms. The summed E-state index contributed by atoms with van der Waals surface area (Å²) in [7, 11) is 3.93. The first-order valence-electron chi connectivity index (χ1n) is 7.19. The quantitative estimate of drug-likeness (QED) is 0.832. The number of likely N-dealkylation sites (N-methyl/N-ethyl adjacent to an activating group) is 1. The summed E-state index contributed by atoms with van der Waals surface area (Å²) in [6, 6.07) is 7.16. The van der Waals surface area contributed by atoms with Crippen LogP contribution in [-0.2, 0) is 6.54 Å². The van der Waals surface area contributed by atoms with Crippen LogP contribution >= 0.6 is 22.7 Å². The normalized spacial score (nSPS) is 11.0. The summed E-state index contributed by atoms with van der Waals surface area (Å²) in [6.07, 6.45) is 0. The van der Waals surface area contributed by atoms with Crippen molar-refractivity contribution in [3.05, 3.63) is 43.8 Å². The first kappa shape index (κ1) is 17.7. The van der Waals surface area contributed by atoms with Gasteiger partial charge in [0.25, 0.3) is 5.91 Å². The van der Waals surface area contributed by atoms with Gasteiger partial charge in [0.1, 0.15) is 4.88 Å². The third-order valence-electron chi connectivity index (χ3n) is 3.27. The van der Waals surface area contributed by atoms with Crippen molar-refractivity contribution in [1.29, 1.82) is 0 Å². The van der Waals surface area contributed by atoms with Gasteiger partial charge >= 0.3 is 5.97 Å². The number of carbonyl (C=O) groups excluding carboxylic acids is 1. The molecule has 0 radical (unpaired) electrons. The van der Waals surface area contributed by atoms with Crippen LogP contribution < -0.4 is 0 Å². The number of hydrogen-bond acceptors (Lipinski definition) is 5. The lowest BCUT2D eigenvalue weighted by molar-refractivity contribution is 0.0701. The smallest absolute Gasteiger partial charge is 0.345 e. The molecule has 124 valence electrons. The molecule has 0 saturated carbocycles. The molecule has 0 aromatic carbocycles. The molecule has 1 amide bonds. The van der Waals surface area contributed by atoms with E-state index in [0.717, 1.165) is 22.8 Å². The Labute approximate surface area is 143 Å². The Morgan fingerprint density at radius 3 is 2.26 bits per heavy atom. The number of hydrogen-bond donors (Lipinski definition) is 1. The molecule has 0 unspecified atom stereocenters. The number of carbonyl (C=O) groups is 2. The van der Waals surface area contributed by atoms with E-state index in [4.69, 9.17) is 5.11 Å². The van der Waals surface area contributed by atoms with Gasteiger partial charge in [0.15, 0.2) is 0 Å². The first-order chi connectivity index (χ1) is 10.9. The number of rotatable bonds is 7. The van der Waals surface area contributed by atoms with Gasteiger partial charge in [-0.05, 0) is 45.3 Å². The molecule has 0 atom stereocenters. The molecule has 5 nitrogen and oxygen atoms in total. The second kappa shape index (κ2) is 7.72. The highest BCUT2D eigenvalue weighted by molar-refractivity contribution is 7.15. The minimum atomic E-state index is -0.997. The summed E-state index contributed by atoms with van der Waals surface area (Å²) in [5, 5.41) is 9.01. The van der Waals surface area contributed by atoms with Crippen LogP contribution in [0.25, 0.3) is 0 Å². The predicted molar refractivity (Wildman–Crippen MR) is 93.6 cm³/mol. The number of aromatic carboxylic acids is 1. The number of amides is 1. The summed E-state index contributed by atoms with van der Waals surface area (Å²) < 4.78 is 0. The van der Waals surface area contributed by atoms with Crippen LogP contribution in [0.4, 0.5) is 0 Å². The van der Waals surface area contributed by atoms with E-state index < -0.39 is 5.97 Å². The highest BCUT2D eigenvalue weighted by Gasteiger charge is 2.20. The number of thiophene rings is 2. The highest BCUT2D eigenvalue weighted by atomic mass is 32.1. The van der Waals surface area contributed by atoms with E-state index in [1.54, 1.807) is 22.3 Å². The van der Waals surface area contributed by atoms with Crippen LogP contribution in [-0.4, -0.2) is 54.0 Å². The highest BCUT2D eigenvalue weighted by Crippen LogP contribution is 2.22. The van der Waals surface area contributed by atoms with Crippen LogP contribution in [0.5, 0.6) is 0 Å². The lowest BCUT2D eigenvalue weighted by atomic mass is 10.3. The van der Waals surface area contributed by atoms with Gasteiger partial charge in [-0.2, -0.15) is 0 Å². The van der Waals surface area contributed by atoms with Gasteiger partial charge in [-0.25, -0.2) is 4.79 Å². The molecule has 0 aliphatic rings. The maximum absolute atomic E-state index is 12.7. The van der Waals surface area contributed by atoms with E-state index in [2.05, 4.69) is 0 Å². The van der Waals surface area contributed by atoms with Crippen LogP contribution in [0.1, 0.15) is 29.1 Å². The van der Waals surface area contributed by atoms with Crippen LogP contribution in [0.3, 0.4) is 0 Å². The monoisotopic (exact) mass is 352 g/mol. The van der Waals surface area contributed by atoms with Crippen LogP contribution in [0.2, 0.25) is 0 Å². The fraction of sp³-hybridized carbons (Fsp3) is 0.375. The van der Waals surface area contributed by atoms with Gasteiger partial charge in [0.05, 0.1) is 11.4 Å². The maximum Gasteiger partial charge on any atom is 0.345 e. The van der Waals surface area contributed by atoms with Crippen LogP contribution in [0.15, 0.2) is 24.3 Å². The SMILES string of the molecule is Cc1ccc(CN(CCN(C)C)C(=O)c2ccc(C(=O)O)s2)s1. The molecular weight excluding hydrogens is 332 g/mol. The number of aryl methyl sites for hydroxylation is 1. The van der Waals surface area contributed by atoms with Crippen LogP contribution in [0, 0.1) is 6.92 Å². The third kappa shape index (κ3) is 4.89. The van der Waals surface area contributed by atoms with Crippen molar-refractivity contribution in [2.75, 3.05) is 27.2 Å². The Morgan fingerprint density at radius 2 is 1.74 bits per heavy atom. The number of carboxylic acids is 1. The van der Waals surface area contributed by atoms with Gasteiger partial charge in [0, 0.05) is 22.8 Å². The molecule has 0 spiro atoms. The molecule has 2 aromatic heterocycles. The molecule has 0 aliphatic heterocycles. The average molecular weight is 352 g/mol. The lowest BCUT2D eigenvalue weighted by Gasteiger charge is -2.23. The van der Waals surface area contributed by atoms with Crippen molar-refractivity contribution >= 4 is 34.6 Å². The molecular formula is C16H20N2O3S2. The van der Waals surface area contributed by atoms with Crippen molar-refractivity contribution in [2.45, 2.75) is 13.5 Å². The second-order valence-electron chi connectivity index (χ2n) is 5.51. The van der Waals surface area contributed by atoms with Gasteiger partial charge in [0.2, 0.25) is 0 Å². The summed E-state index contributed by atoms with van der Waals surface area (Å²) in [5.74, 6) is -1.11. The molecule has 0 aliphatic carbocycles. The van der Waals surface area contributed by atoms with E-state index in [1.165, 1.54) is 10.9 Å². The zero-order valence-corrected chi connectivity index (χ0v) is 15.0. The predicted octanol–water partition coefficient (Wildman–Crippen LogP) is 3.02. The number of carboxylic acid groups (broad SMARTS) is 1. The van der Waals surface area contributed by atoms with E-state index in [9.17, 15) is 9.59 Å². The standard InChI is InChI=1S/C16H20N2O3S2/c1-11-4-5-12(22-11)10-18(9-8-17(2)3)15(19)13-6-7-14(23-13)16(20)21/h4-7H,8-10H2,1-3H3,(H,20,21). The topological polar surface area (TPSA) is 60.9 Å². The first-order valence-corrected chi connectivity index (χ1v) is 8.82. The maximum atomic E-state index is 12.7. The van der Waals surface area contributed by atoms with E-state index in [0.29, 0.717) is 18.0 Å². The summed E-state index contributed by atoms with van der Waals surface area (Å²) >= 11 is 2.70. The molecule has 0 fully saturated rings. The molecule has 7 heteroatoms. The average Bonchev–Trinajstić information content (AvgIpc) is 3.11. The zero-order chi connectivity index (χ0) is 17.0. The van der Waals surface area contributed by atoms with E-state index in [1.807, 2.05) is 38.1 Å². The van der Waals surface area contributed by atoms with Crippen molar-refractivity contribution in [3.8, 4) is 0 Å². The molecule has 0 saturated heterocycles. The summed E-state index contributed by atoms with van der Waals surface area (Å²) in [4.78, 5) is 30.5. The molecule has 2 heterocycles. The summed E-state index contributed by atoms with van der Waals surface area (Å²) in [5.41, 5.74) is 0.